The van der Waals surface area contributed by atoms with Gasteiger partial charge in [-0.15, -0.1) is 11.8 Å². The van der Waals surface area contributed by atoms with Crippen LogP contribution in [0, 0.1) is 0 Å². The van der Waals surface area contributed by atoms with E-state index in [1.165, 1.54) is 0 Å². The van der Waals surface area contributed by atoms with Crippen molar-refractivity contribution in [2.45, 2.75) is 35.7 Å². The quantitative estimate of drug-likeness (QED) is 0.818. The average molecular weight is 355 g/mol. The molecule has 1 saturated heterocycles. The molecular formula is C20H21NO3S. The van der Waals surface area contributed by atoms with Crippen molar-refractivity contribution in [1.29, 1.82) is 0 Å². The van der Waals surface area contributed by atoms with E-state index in [4.69, 9.17) is 9.47 Å². The van der Waals surface area contributed by atoms with E-state index >= 15 is 0 Å². The lowest BCUT2D eigenvalue weighted by Crippen LogP contribution is -2.33. The molecule has 2 aliphatic heterocycles. The molecule has 0 spiro atoms. The van der Waals surface area contributed by atoms with Crippen molar-refractivity contribution >= 4 is 23.4 Å². The Morgan fingerprint density at radius 1 is 1.12 bits per heavy atom. The molecule has 130 valence electrons. The molecule has 2 atom stereocenters. The number of nitrogens with zero attached hydrogens (tertiary/aromatic N) is 1. The Morgan fingerprint density at radius 2 is 1.92 bits per heavy atom. The minimum absolute atomic E-state index is 0.105. The number of carbonyl (C=O) groups is 1. The number of fused-ring (bicyclic) bond motifs is 1. The maximum Gasteiger partial charge on any atom is 0.244 e. The summed E-state index contributed by atoms with van der Waals surface area (Å²) in [4.78, 5) is 15.6. The predicted octanol–water partition coefficient (Wildman–Crippen LogP) is 4.40. The Kier molecular flexibility index (Phi) is 4.68. The van der Waals surface area contributed by atoms with Crippen molar-refractivity contribution in [2.75, 3.05) is 18.6 Å². The number of thioether (sulfide) groups is 1. The fraction of sp³-hybridized carbons (Fsp3) is 0.350. The molecule has 2 aliphatic rings. The summed E-state index contributed by atoms with van der Waals surface area (Å²) in [6, 6.07) is 15.8. The summed E-state index contributed by atoms with van der Waals surface area (Å²) in [5.41, 5.74) is 1.97. The van der Waals surface area contributed by atoms with Gasteiger partial charge >= 0.3 is 0 Å². The third-order valence-corrected chi connectivity index (χ3v) is 5.92. The van der Waals surface area contributed by atoms with E-state index in [1.54, 1.807) is 16.7 Å². The first-order chi connectivity index (χ1) is 12.2. The van der Waals surface area contributed by atoms with Crippen LogP contribution < -0.4 is 9.64 Å². The summed E-state index contributed by atoms with van der Waals surface area (Å²) in [5.74, 6) is 0.894. The van der Waals surface area contributed by atoms with Crippen LogP contribution in [0.1, 0.15) is 30.1 Å². The smallest absolute Gasteiger partial charge is 0.244 e. The first-order valence-corrected chi connectivity index (χ1v) is 9.52. The van der Waals surface area contributed by atoms with Gasteiger partial charge in [-0.25, -0.2) is 0 Å². The largest absolute Gasteiger partial charge is 0.465 e. The summed E-state index contributed by atoms with van der Waals surface area (Å²) in [5, 5.41) is -0.222. The van der Waals surface area contributed by atoms with Crippen molar-refractivity contribution < 1.29 is 14.3 Å². The second-order valence-corrected chi connectivity index (χ2v) is 7.49. The topological polar surface area (TPSA) is 38.8 Å². The Balaban J connectivity index is 1.51. The van der Waals surface area contributed by atoms with Gasteiger partial charge in [0.15, 0.2) is 6.29 Å². The maximum atomic E-state index is 12.7. The summed E-state index contributed by atoms with van der Waals surface area (Å²) in [6.45, 7) is 0.766. The van der Waals surface area contributed by atoms with Gasteiger partial charge in [0.2, 0.25) is 5.91 Å². The van der Waals surface area contributed by atoms with E-state index < -0.39 is 0 Å². The molecule has 2 aromatic carbocycles. The zero-order valence-electron chi connectivity index (χ0n) is 14.2. The molecule has 4 rings (SSSR count). The van der Waals surface area contributed by atoms with Crippen molar-refractivity contribution in [3.8, 4) is 5.75 Å². The second-order valence-electron chi connectivity index (χ2n) is 6.35. The van der Waals surface area contributed by atoms with Gasteiger partial charge in [0.05, 0.1) is 12.3 Å². The molecule has 0 N–H and O–H groups in total. The predicted molar refractivity (Wildman–Crippen MR) is 99.1 cm³/mol. The number of amides is 1. The van der Waals surface area contributed by atoms with Crippen molar-refractivity contribution in [1.82, 2.24) is 0 Å². The van der Waals surface area contributed by atoms with E-state index in [0.717, 1.165) is 47.8 Å². The van der Waals surface area contributed by atoms with Crippen molar-refractivity contribution in [3.05, 3.63) is 54.1 Å². The van der Waals surface area contributed by atoms with Crippen molar-refractivity contribution in [3.63, 3.8) is 0 Å². The van der Waals surface area contributed by atoms with Gasteiger partial charge in [-0.3, -0.25) is 4.79 Å². The molecule has 1 amide bonds. The van der Waals surface area contributed by atoms with E-state index in [1.807, 2.05) is 49.5 Å². The molecule has 4 nitrogen and oxygen atoms in total. The van der Waals surface area contributed by atoms with Crippen LogP contribution in [0.5, 0.6) is 5.75 Å². The number of hydrogen-bond acceptors (Lipinski definition) is 4. The molecule has 0 aromatic heterocycles. The second kappa shape index (κ2) is 7.10. The molecule has 1 fully saturated rings. The molecule has 0 radical (unpaired) electrons. The Morgan fingerprint density at radius 3 is 2.68 bits per heavy atom. The Labute approximate surface area is 152 Å². The summed E-state index contributed by atoms with van der Waals surface area (Å²) in [6.07, 6.45) is 3.03. The molecular weight excluding hydrogens is 334 g/mol. The van der Waals surface area contributed by atoms with E-state index in [-0.39, 0.29) is 17.4 Å². The highest BCUT2D eigenvalue weighted by atomic mass is 32.2. The molecule has 0 saturated carbocycles. The first kappa shape index (κ1) is 16.5. The molecule has 2 aromatic rings. The normalized spacial score (nSPS) is 23.2. The number of benzene rings is 2. The highest BCUT2D eigenvalue weighted by Gasteiger charge is 2.32. The molecule has 5 heteroatoms. The number of carbonyl (C=O) groups excluding carboxylic acids is 1. The van der Waals surface area contributed by atoms with Gasteiger partial charge in [0.1, 0.15) is 11.0 Å². The number of para-hydroxylation sites is 1. The number of anilines is 1. The highest BCUT2D eigenvalue weighted by Crippen LogP contribution is 2.45. The number of hydrogen-bond donors (Lipinski definition) is 0. The minimum Gasteiger partial charge on any atom is -0.465 e. The number of rotatable bonds is 3. The number of likely N-dealkylation sites (N-methyl/N-ethyl adjacent to an activating group) is 1. The first-order valence-electron chi connectivity index (χ1n) is 8.64. The van der Waals surface area contributed by atoms with Crippen LogP contribution >= 0.6 is 11.8 Å². The Hall–Kier alpha value is -1.98. The standard InChI is InChI=1S/C20H21NO3S/c1-21-16-6-2-3-7-17(16)25-19(20(21)22)14-9-11-15(12-10-14)24-18-8-4-5-13-23-18/h2-3,6-7,9-12,18-19H,4-5,8,13H2,1H3. The lowest BCUT2D eigenvalue weighted by Gasteiger charge is -2.31. The zero-order valence-corrected chi connectivity index (χ0v) is 15.0. The van der Waals surface area contributed by atoms with Crippen LogP contribution in [-0.4, -0.2) is 25.9 Å². The van der Waals surface area contributed by atoms with E-state index in [0.29, 0.717) is 0 Å². The third-order valence-electron chi connectivity index (χ3n) is 4.61. The van der Waals surface area contributed by atoms with Crippen LogP contribution in [0.25, 0.3) is 0 Å². The Bertz CT molecular complexity index is 756. The van der Waals surface area contributed by atoms with Gasteiger partial charge in [0, 0.05) is 18.4 Å². The minimum atomic E-state index is -0.222. The van der Waals surface area contributed by atoms with Crippen molar-refractivity contribution in [2.24, 2.45) is 0 Å². The summed E-state index contributed by atoms with van der Waals surface area (Å²) < 4.78 is 11.5. The van der Waals surface area contributed by atoms with Gasteiger partial charge < -0.3 is 14.4 Å². The maximum absolute atomic E-state index is 12.7. The number of ether oxygens (including phenoxy) is 2. The molecule has 0 aliphatic carbocycles. The lowest BCUT2D eigenvalue weighted by atomic mass is 10.1. The van der Waals surface area contributed by atoms with Crippen LogP contribution in [0.15, 0.2) is 53.4 Å². The monoisotopic (exact) mass is 355 g/mol. The highest BCUT2D eigenvalue weighted by molar-refractivity contribution is 8.00. The van der Waals surface area contributed by atoms with Gasteiger partial charge in [0.25, 0.3) is 0 Å². The fourth-order valence-electron chi connectivity index (χ4n) is 3.19. The van der Waals surface area contributed by atoms with E-state index in [9.17, 15) is 4.79 Å². The third kappa shape index (κ3) is 3.39. The molecule has 2 unspecified atom stereocenters. The molecule has 25 heavy (non-hydrogen) atoms. The summed E-state index contributed by atoms with van der Waals surface area (Å²) >= 11 is 1.61. The van der Waals surface area contributed by atoms with Crippen LogP contribution in [-0.2, 0) is 9.53 Å². The fourth-order valence-corrected chi connectivity index (χ4v) is 4.48. The van der Waals surface area contributed by atoms with Crippen LogP contribution in [0.3, 0.4) is 0 Å². The van der Waals surface area contributed by atoms with Gasteiger partial charge in [-0.2, -0.15) is 0 Å². The molecule has 0 bridgehead atoms. The SMILES string of the molecule is CN1C(=O)C(c2ccc(OC3CCCCO3)cc2)Sc2ccccc21. The zero-order chi connectivity index (χ0) is 17.2. The molecule has 2 heterocycles. The average Bonchev–Trinajstić information content (AvgIpc) is 2.66. The lowest BCUT2D eigenvalue weighted by molar-refractivity contribution is -0.118. The summed E-state index contributed by atoms with van der Waals surface area (Å²) in [7, 11) is 1.84. The van der Waals surface area contributed by atoms with E-state index in [2.05, 4.69) is 6.07 Å². The van der Waals surface area contributed by atoms with Crippen LogP contribution in [0.2, 0.25) is 0 Å². The van der Waals surface area contributed by atoms with Crippen LogP contribution in [0.4, 0.5) is 5.69 Å². The van der Waals surface area contributed by atoms with Gasteiger partial charge in [-0.1, -0.05) is 24.3 Å². The van der Waals surface area contributed by atoms with Gasteiger partial charge in [-0.05, 0) is 42.7 Å².